The van der Waals surface area contributed by atoms with Gasteiger partial charge in [0.05, 0.1) is 0 Å². The van der Waals surface area contributed by atoms with E-state index in [1.807, 2.05) is 0 Å². The summed E-state index contributed by atoms with van der Waals surface area (Å²) < 4.78 is 4.84. The maximum atomic E-state index is 10.8. The van der Waals surface area contributed by atoms with Gasteiger partial charge in [0.1, 0.15) is 5.75 Å². The molecule has 6 nitrogen and oxygen atoms in total. The van der Waals surface area contributed by atoms with E-state index in [0.717, 1.165) is 0 Å². The zero-order valence-corrected chi connectivity index (χ0v) is 7.75. The first kappa shape index (κ1) is 9.94. The predicted octanol–water partition coefficient (Wildman–Crippen LogP) is -0.362. The number of nitrogens with zero attached hydrogens (tertiary/aromatic N) is 1. The minimum absolute atomic E-state index is 0.0405. The fourth-order valence-corrected chi connectivity index (χ4v) is 1.56. The van der Waals surface area contributed by atoms with Crippen molar-refractivity contribution in [3.8, 4) is 5.75 Å². The fraction of sp³-hybridized carbons (Fsp3) is 0.250. The zero-order chi connectivity index (χ0) is 11.1. The second kappa shape index (κ2) is 3.21. The Morgan fingerprint density at radius 3 is 2.93 bits per heavy atom. The molecule has 2 heterocycles. The Labute approximate surface area is 85.2 Å². The van der Waals surface area contributed by atoms with Crippen LogP contribution in [-0.4, -0.2) is 32.9 Å². The van der Waals surface area contributed by atoms with Crippen molar-refractivity contribution < 1.29 is 24.6 Å². The molecule has 0 amide bonds. The fourth-order valence-electron chi connectivity index (χ4n) is 1.56. The van der Waals surface area contributed by atoms with Crippen LogP contribution in [0.3, 0.4) is 0 Å². The lowest BCUT2D eigenvalue weighted by atomic mass is 9.70. The van der Waals surface area contributed by atoms with E-state index in [-0.39, 0.29) is 17.8 Å². The van der Waals surface area contributed by atoms with Crippen LogP contribution in [0.4, 0.5) is 0 Å². The predicted molar refractivity (Wildman–Crippen MR) is 50.5 cm³/mol. The highest BCUT2D eigenvalue weighted by atomic mass is 16.6. The Balaban J connectivity index is 2.50. The van der Waals surface area contributed by atoms with Crippen molar-refractivity contribution in [2.75, 3.05) is 0 Å². The first-order valence-corrected chi connectivity index (χ1v) is 4.50. The molecule has 0 saturated carbocycles. The SMILES string of the molecule is O=C(O)c1nccc2c1O[B-](O)(O)CC2. The van der Waals surface area contributed by atoms with Gasteiger partial charge in [-0.15, -0.1) is 0 Å². The third-order valence-electron chi connectivity index (χ3n) is 2.28. The normalized spacial score (nSPS) is 17.7. The largest absolute Gasteiger partial charge is 0.668 e. The lowest BCUT2D eigenvalue weighted by Gasteiger charge is -2.36. The molecule has 0 unspecified atom stereocenters. The monoisotopic (exact) mass is 210 g/mol. The van der Waals surface area contributed by atoms with Crippen LogP contribution in [0.25, 0.3) is 0 Å². The van der Waals surface area contributed by atoms with Gasteiger partial charge >= 0.3 is 12.7 Å². The number of aryl methyl sites for hydroxylation is 1. The molecule has 0 spiro atoms. The third-order valence-corrected chi connectivity index (χ3v) is 2.28. The molecule has 0 aromatic carbocycles. The number of rotatable bonds is 1. The van der Waals surface area contributed by atoms with E-state index in [9.17, 15) is 14.8 Å². The molecule has 3 N–H and O–H groups in total. The van der Waals surface area contributed by atoms with Crippen LogP contribution in [0.1, 0.15) is 16.1 Å². The molecule has 0 atom stereocenters. The average molecular weight is 210 g/mol. The van der Waals surface area contributed by atoms with Crippen molar-refractivity contribution in [3.05, 3.63) is 23.5 Å². The van der Waals surface area contributed by atoms with Crippen molar-refractivity contribution >= 4 is 12.7 Å². The van der Waals surface area contributed by atoms with E-state index < -0.39 is 12.7 Å². The maximum absolute atomic E-state index is 10.8. The summed E-state index contributed by atoms with van der Waals surface area (Å²) in [5.74, 6) is -1.29. The Morgan fingerprint density at radius 2 is 2.27 bits per heavy atom. The number of carbonyl (C=O) groups is 1. The van der Waals surface area contributed by atoms with Crippen LogP contribution < -0.4 is 4.65 Å². The molecule has 0 aliphatic carbocycles. The van der Waals surface area contributed by atoms with Crippen molar-refractivity contribution in [2.24, 2.45) is 0 Å². The van der Waals surface area contributed by atoms with Crippen molar-refractivity contribution in [1.29, 1.82) is 0 Å². The van der Waals surface area contributed by atoms with Crippen molar-refractivity contribution in [2.45, 2.75) is 12.7 Å². The maximum Gasteiger partial charge on any atom is 0.430 e. The lowest BCUT2D eigenvalue weighted by Crippen LogP contribution is -2.45. The molecule has 1 aliphatic heterocycles. The first-order chi connectivity index (χ1) is 6.99. The topological polar surface area (TPSA) is 99.9 Å². The van der Waals surface area contributed by atoms with Gasteiger partial charge < -0.3 is 19.8 Å². The number of aromatic nitrogens is 1. The minimum atomic E-state index is -2.94. The van der Waals surface area contributed by atoms with Gasteiger partial charge in [-0.2, -0.15) is 0 Å². The molecule has 2 rings (SSSR count). The first-order valence-electron chi connectivity index (χ1n) is 4.50. The molecule has 1 aromatic rings. The van der Waals surface area contributed by atoms with Gasteiger partial charge in [-0.3, -0.25) is 0 Å². The summed E-state index contributed by atoms with van der Waals surface area (Å²) >= 11 is 0. The molecule has 1 aliphatic rings. The van der Waals surface area contributed by atoms with Crippen LogP contribution in [0.2, 0.25) is 6.32 Å². The highest BCUT2D eigenvalue weighted by molar-refractivity contribution is 6.59. The number of hydrogen-bond acceptors (Lipinski definition) is 5. The summed E-state index contributed by atoms with van der Waals surface area (Å²) in [5.41, 5.74) is 0.338. The number of carboxylic acid groups (broad SMARTS) is 1. The van der Waals surface area contributed by atoms with Crippen LogP contribution in [-0.2, 0) is 6.42 Å². The van der Waals surface area contributed by atoms with Crippen LogP contribution >= 0.6 is 0 Å². The van der Waals surface area contributed by atoms with Crippen LogP contribution in [0.5, 0.6) is 5.75 Å². The zero-order valence-electron chi connectivity index (χ0n) is 7.75. The summed E-state index contributed by atoms with van der Waals surface area (Å²) in [4.78, 5) is 14.4. The molecule has 7 heteroatoms. The van der Waals surface area contributed by atoms with Gasteiger partial charge in [0.2, 0.25) is 0 Å². The smallest absolute Gasteiger partial charge is 0.430 e. The van der Waals surface area contributed by atoms with E-state index in [0.29, 0.717) is 12.0 Å². The second-order valence-electron chi connectivity index (χ2n) is 3.47. The standard InChI is InChI=1S/C8H9BNO5/c11-8(12)6-7-5(2-4-10-6)1-3-9(13,14)15-7/h2,4,13-14H,1,3H2,(H,11,12)/q-1. The number of hydrogen-bond donors (Lipinski definition) is 3. The van der Waals surface area contributed by atoms with Gasteiger partial charge in [0, 0.05) is 6.20 Å². The highest BCUT2D eigenvalue weighted by Gasteiger charge is 2.31. The molecule has 0 radical (unpaired) electrons. The number of aromatic carboxylic acids is 1. The van der Waals surface area contributed by atoms with E-state index in [2.05, 4.69) is 4.98 Å². The van der Waals surface area contributed by atoms with E-state index in [1.165, 1.54) is 6.20 Å². The van der Waals surface area contributed by atoms with Crippen molar-refractivity contribution in [3.63, 3.8) is 0 Å². The molecule has 80 valence electrons. The van der Waals surface area contributed by atoms with E-state index >= 15 is 0 Å². The summed E-state index contributed by atoms with van der Waals surface area (Å²) in [5, 5.41) is 27.4. The third kappa shape index (κ3) is 1.79. The Morgan fingerprint density at radius 1 is 1.53 bits per heavy atom. The van der Waals surface area contributed by atoms with Crippen LogP contribution in [0, 0.1) is 0 Å². The molecule has 1 aromatic heterocycles. The van der Waals surface area contributed by atoms with Gasteiger partial charge in [-0.1, -0.05) is 6.32 Å². The summed E-state index contributed by atoms with van der Waals surface area (Å²) in [6.07, 6.45) is 1.79. The lowest BCUT2D eigenvalue weighted by molar-refractivity contribution is 0.0686. The van der Waals surface area contributed by atoms with Gasteiger partial charge in [-0.05, 0) is 18.1 Å². The van der Waals surface area contributed by atoms with E-state index in [1.54, 1.807) is 6.07 Å². The molecule has 15 heavy (non-hydrogen) atoms. The number of carboxylic acids is 1. The summed E-state index contributed by atoms with van der Waals surface area (Å²) in [6.45, 7) is -2.94. The molecule has 0 bridgehead atoms. The number of fused-ring (bicyclic) bond motifs is 1. The van der Waals surface area contributed by atoms with Crippen LogP contribution in [0.15, 0.2) is 12.3 Å². The van der Waals surface area contributed by atoms with Gasteiger partial charge in [0.15, 0.2) is 5.69 Å². The average Bonchev–Trinajstić information content (AvgIpc) is 2.15. The number of pyridine rings is 1. The van der Waals surface area contributed by atoms with Gasteiger partial charge in [-0.25, -0.2) is 9.78 Å². The van der Waals surface area contributed by atoms with Crippen molar-refractivity contribution in [1.82, 2.24) is 4.98 Å². The quantitative estimate of drug-likeness (QED) is 0.547. The Kier molecular flexibility index (Phi) is 2.13. The molecule has 0 saturated heterocycles. The minimum Gasteiger partial charge on any atom is -0.668 e. The summed E-state index contributed by atoms with van der Waals surface area (Å²) in [7, 11) is 0. The molecular weight excluding hydrogens is 201 g/mol. The second-order valence-corrected chi connectivity index (χ2v) is 3.47. The van der Waals surface area contributed by atoms with E-state index in [4.69, 9.17) is 9.76 Å². The van der Waals surface area contributed by atoms with Gasteiger partial charge in [0.25, 0.3) is 0 Å². The Bertz CT molecular complexity index is 419. The summed E-state index contributed by atoms with van der Waals surface area (Å²) in [6, 6.07) is 1.60. The highest BCUT2D eigenvalue weighted by Crippen LogP contribution is 2.31. The molecule has 0 fully saturated rings. The molecular formula is C8H9BNO5-. The Hall–Kier alpha value is -1.60.